The molecule has 0 saturated heterocycles. The Morgan fingerprint density at radius 2 is 1.88 bits per heavy atom. The first-order chi connectivity index (χ1) is 15.8. The van der Waals surface area contributed by atoms with Crippen LogP contribution in [0.25, 0.3) is 0 Å². The smallest absolute Gasteiger partial charge is 0.258 e. The first kappa shape index (κ1) is 26.4. The Morgan fingerprint density at radius 3 is 2.61 bits per heavy atom. The molecule has 3 rings (SSSR count). The molecule has 184 valence electrons. The molecule has 33 heavy (non-hydrogen) atoms. The molecule has 1 atom stereocenters. The van der Waals surface area contributed by atoms with Crippen LogP contribution in [0.1, 0.15) is 36.5 Å². The number of nitrogens with one attached hydrogen (secondary N) is 2. The van der Waals surface area contributed by atoms with E-state index in [1.165, 1.54) is 7.11 Å². The molecule has 0 aromatic heterocycles. The largest absolute Gasteiger partial charge is 0.493 e. The first-order valence-corrected chi connectivity index (χ1v) is 11.3. The molecule has 0 aliphatic carbocycles. The lowest BCUT2D eigenvalue weighted by atomic mass is 10.2. The second kappa shape index (κ2) is 13.6. The van der Waals surface area contributed by atoms with Crippen LogP contribution in [-0.4, -0.2) is 98.8 Å². The topological polar surface area (TPSA) is 120 Å². The van der Waals surface area contributed by atoms with Gasteiger partial charge in [-0.3, -0.25) is 14.4 Å². The van der Waals surface area contributed by atoms with E-state index in [1.807, 2.05) is 0 Å². The van der Waals surface area contributed by atoms with Crippen molar-refractivity contribution in [1.82, 2.24) is 20.4 Å². The van der Waals surface area contributed by atoms with Gasteiger partial charge in [0.1, 0.15) is 6.04 Å². The maximum Gasteiger partial charge on any atom is 0.258 e. The van der Waals surface area contributed by atoms with Crippen molar-refractivity contribution in [2.75, 3.05) is 60.1 Å². The van der Waals surface area contributed by atoms with Crippen LogP contribution < -0.4 is 20.1 Å². The van der Waals surface area contributed by atoms with Crippen LogP contribution in [0.4, 0.5) is 0 Å². The summed E-state index contributed by atoms with van der Waals surface area (Å²) in [6.07, 6.45) is 2.41. The van der Waals surface area contributed by atoms with Crippen molar-refractivity contribution in [1.29, 1.82) is 0 Å². The molecular formula is C23H36N4O6. The molecule has 0 unspecified atom stereocenters. The number of nitrogens with zero attached hydrogens (tertiary/aromatic N) is 2. The zero-order valence-electron chi connectivity index (χ0n) is 19.8. The Morgan fingerprint density at radius 1 is 1.15 bits per heavy atom. The van der Waals surface area contributed by atoms with Gasteiger partial charge in [-0.25, -0.2) is 0 Å². The number of carbonyl (C=O) groups excluding carboxylic acids is 3. The van der Waals surface area contributed by atoms with E-state index in [2.05, 4.69) is 15.5 Å². The Balaban J connectivity index is 2.13. The summed E-state index contributed by atoms with van der Waals surface area (Å²) < 4.78 is 10.9. The lowest BCUT2D eigenvalue weighted by molar-refractivity contribution is -0.135. The number of rotatable bonds is 3. The van der Waals surface area contributed by atoms with E-state index >= 15 is 0 Å². The van der Waals surface area contributed by atoms with E-state index < -0.39 is 11.9 Å². The van der Waals surface area contributed by atoms with Gasteiger partial charge >= 0.3 is 0 Å². The minimum atomic E-state index is -0.681. The average Bonchev–Trinajstić information content (AvgIpc) is 2.81. The fourth-order valence-corrected chi connectivity index (χ4v) is 3.62. The quantitative estimate of drug-likeness (QED) is 0.548. The fraction of sp³-hybridized carbons (Fsp3) is 0.609. The van der Waals surface area contributed by atoms with Gasteiger partial charge in [0.15, 0.2) is 18.1 Å². The molecule has 1 aromatic carbocycles. The van der Waals surface area contributed by atoms with E-state index in [1.54, 1.807) is 37.1 Å². The molecule has 2 aliphatic heterocycles. The minimum Gasteiger partial charge on any atom is -0.493 e. The summed E-state index contributed by atoms with van der Waals surface area (Å²) in [6, 6.07) is 4.06. The highest BCUT2D eigenvalue weighted by atomic mass is 16.5. The monoisotopic (exact) mass is 464 g/mol. The molecule has 0 saturated carbocycles. The molecule has 3 N–H and O–H groups in total. The predicted molar refractivity (Wildman–Crippen MR) is 123 cm³/mol. The number of methoxy groups -OCH3 is 1. The number of amides is 3. The number of hydrogen-bond acceptors (Lipinski definition) is 7. The van der Waals surface area contributed by atoms with E-state index in [0.717, 1.165) is 32.4 Å². The van der Waals surface area contributed by atoms with Crippen LogP contribution in [0.5, 0.6) is 11.5 Å². The van der Waals surface area contributed by atoms with Gasteiger partial charge in [-0.2, -0.15) is 0 Å². The van der Waals surface area contributed by atoms with E-state index in [0.29, 0.717) is 36.7 Å². The summed E-state index contributed by atoms with van der Waals surface area (Å²) in [5.74, 6) is -0.177. The van der Waals surface area contributed by atoms with E-state index in [-0.39, 0.29) is 25.0 Å². The third-order valence-corrected chi connectivity index (χ3v) is 5.48. The molecule has 2 bridgehead atoms. The highest BCUT2D eigenvalue weighted by Gasteiger charge is 2.20. The van der Waals surface area contributed by atoms with Crippen LogP contribution in [0.15, 0.2) is 18.2 Å². The van der Waals surface area contributed by atoms with Crippen LogP contribution in [-0.2, 0) is 9.59 Å². The van der Waals surface area contributed by atoms with Crippen LogP contribution >= 0.6 is 0 Å². The minimum absolute atomic E-state index is 0.0656. The van der Waals surface area contributed by atoms with Gasteiger partial charge in [-0.05, 0) is 57.5 Å². The SMILES string of the molecule is COc1cc2ccc1OCC(=O)N[C@@H](C)C(=O)N(C)CCCCN(CCO)CCCNC2=O. The summed E-state index contributed by atoms with van der Waals surface area (Å²) >= 11 is 0. The summed E-state index contributed by atoms with van der Waals surface area (Å²) in [7, 11) is 3.18. The summed E-state index contributed by atoms with van der Waals surface area (Å²) in [4.78, 5) is 41.1. The number of ether oxygens (including phenoxy) is 2. The van der Waals surface area contributed by atoms with Gasteiger partial charge in [0.2, 0.25) is 5.91 Å². The van der Waals surface area contributed by atoms with Crippen molar-refractivity contribution < 1.29 is 29.0 Å². The van der Waals surface area contributed by atoms with Crippen molar-refractivity contribution in [2.24, 2.45) is 0 Å². The molecule has 10 heteroatoms. The molecule has 2 aliphatic rings. The number of hydrogen-bond donors (Lipinski definition) is 3. The Labute approximate surface area is 195 Å². The fourth-order valence-electron chi connectivity index (χ4n) is 3.62. The molecule has 0 spiro atoms. The number of carbonyl (C=O) groups is 3. The zero-order valence-corrected chi connectivity index (χ0v) is 19.8. The highest BCUT2D eigenvalue weighted by molar-refractivity contribution is 5.95. The molecule has 0 fully saturated rings. The second-order valence-electron chi connectivity index (χ2n) is 8.09. The normalized spacial score (nSPS) is 20.4. The van der Waals surface area contributed by atoms with Crippen molar-refractivity contribution in [3.8, 4) is 11.5 Å². The number of aliphatic hydroxyl groups excluding tert-OH is 1. The van der Waals surface area contributed by atoms with Crippen LogP contribution in [0.3, 0.4) is 0 Å². The Hall–Kier alpha value is -2.85. The van der Waals surface area contributed by atoms with Crippen LogP contribution in [0, 0.1) is 0 Å². The zero-order chi connectivity index (χ0) is 24.2. The third-order valence-electron chi connectivity index (χ3n) is 5.48. The van der Waals surface area contributed by atoms with Gasteiger partial charge in [0, 0.05) is 32.2 Å². The number of likely N-dealkylation sites (N-methyl/N-ethyl adjacent to an activating group) is 1. The number of fused-ring (bicyclic) bond motifs is 18. The standard InChI is InChI=1S/C23H36N4O6/c1-17-23(31)26(2)10-4-5-11-27(13-14-28)12-6-9-24-22(30)18-7-8-19(20(15-18)32-3)33-16-21(29)25-17/h7-8,15,17,28H,4-6,9-14,16H2,1-3H3,(H,24,30)(H,25,29)/t17-/m0/s1. The molecule has 3 amide bonds. The highest BCUT2D eigenvalue weighted by Crippen LogP contribution is 2.28. The summed E-state index contributed by atoms with van der Waals surface area (Å²) in [5.41, 5.74) is 0.420. The molecule has 10 nitrogen and oxygen atoms in total. The lowest BCUT2D eigenvalue weighted by Gasteiger charge is -2.24. The molecule has 1 aromatic rings. The lowest BCUT2D eigenvalue weighted by Crippen LogP contribution is -2.47. The summed E-state index contributed by atoms with van der Waals surface area (Å²) in [6.45, 7) is 4.58. The summed E-state index contributed by atoms with van der Waals surface area (Å²) in [5, 5.41) is 14.9. The molecule has 0 radical (unpaired) electrons. The Kier molecular flexibility index (Phi) is 10.9. The van der Waals surface area contributed by atoms with Gasteiger partial charge in [-0.1, -0.05) is 0 Å². The molecule has 2 heterocycles. The van der Waals surface area contributed by atoms with Gasteiger partial charge < -0.3 is 35.0 Å². The predicted octanol–water partition coefficient (Wildman–Crippen LogP) is 0.245. The number of aliphatic hydroxyl groups is 1. The third kappa shape index (κ3) is 8.54. The average molecular weight is 465 g/mol. The first-order valence-electron chi connectivity index (χ1n) is 11.3. The van der Waals surface area contributed by atoms with Crippen molar-refractivity contribution in [3.05, 3.63) is 23.8 Å². The van der Waals surface area contributed by atoms with Gasteiger partial charge in [0.25, 0.3) is 11.8 Å². The van der Waals surface area contributed by atoms with Crippen molar-refractivity contribution in [2.45, 2.75) is 32.2 Å². The maximum atomic E-state index is 12.6. The second-order valence-corrected chi connectivity index (χ2v) is 8.09. The van der Waals surface area contributed by atoms with Crippen molar-refractivity contribution in [3.63, 3.8) is 0 Å². The van der Waals surface area contributed by atoms with Crippen LogP contribution in [0.2, 0.25) is 0 Å². The number of benzene rings is 1. The van der Waals surface area contributed by atoms with E-state index in [9.17, 15) is 19.5 Å². The Bertz CT molecular complexity index is 803. The van der Waals surface area contributed by atoms with Crippen molar-refractivity contribution >= 4 is 17.7 Å². The molecular weight excluding hydrogens is 428 g/mol. The van der Waals surface area contributed by atoms with Gasteiger partial charge in [0.05, 0.1) is 13.7 Å². The van der Waals surface area contributed by atoms with Gasteiger partial charge in [-0.15, -0.1) is 0 Å². The van der Waals surface area contributed by atoms with E-state index in [4.69, 9.17) is 9.47 Å². The maximum absolute atomic E-state index is 12.6.